The van der Waals surface area contributed by atoms with E-state index >= 15 is 0 Å². The van der Waals surface area contributed by atoms with Gasteiger partial charge < -0.3 is 18.9 Å². The largest absolute Gasteiger partial charge is 0.530 e. The number of likely N-dealkylation sites (tertiary alicyclic amines) is 1. The summed E-state index contributed by atoms with van der Waals surface area (Å²) in [5, 5.41) is 0. The Kier molecular flexibility index (Phi) is 5.49. The highest BCUT2D eigenvalue weighted by molar-refractivity contribution is 7.49. The predicted octanol–water partition coefficient (Wildman–Crippen LogP) is 5.05. The van der Waals surface area contributed by atoms with Crippen LogP contribution in [-0.2, 0) is 23.6 Å². The molecule has 1 aromatic rings. The summed E-state index contributed by atoms with van der Waals surface area (Å²) in [6.07, 6.45) is 4.50. The molecule has 3 aliphatic rings. The number of hydrogen-bond acceptors (Lipinski definition) is 7. The number of benzene rings is 1. The minimum Gasteiger partial charge on any atom is -0.493 e. The number of phosphoric acid groups is 1. The molecule has 0 bridgehead atoms. The summed E-state index contributed by atoms with van der Waals surface area (Å²) < 4.78 is 41.7. The molecule has 0 amide bonds. The molecule has 7 nitrogen and oxygen atoms in total. The summed E-state index contributed by atoms with van der Waals surface area (Å²) in [5.74, 6) is 2.13. The first kappa shape index (κ1) is 22.7. The normalized spacial score (nSPS) is 31.1. The first-order valence-corrected chi connectivity index (χ1v) is 12.2. The summed E-state index contributed by atoms with van der Waals surface area (Å²) in [6, 6.07) is 6.39. The van der Waals surface area contributed by atoms with Gasteiger partial charge in [-0.1, -0.05) is 6.07 Å². The van der Waals surface area contributed by atoms with Crippen LogP contribution in [0.3, 0.4) is 0 Å². The van der Waals surface area contributed by atoms with Crippen LogP contribution in [0, 0.1) is 0 Å². The Morgan fingerprint density at radius 2 is 1.71 bits per heavy atom. The number of ether oxygens (including phenoxy) is 2. The summed E-state index contributed by atoms with van der Waals surface area (Å²) in [4.78, 5) is 2.35. The van der Waals surface area contributed by atoms with E-state index in [1.165, 1.54) is 5.56 Å². The van der Waals surface area contributed by atoms with Crippen LogP contribution >= 0.6 is 7.82 Å². The second-order valence-electron chi connectivity index (χ2n) is 9.79. The smallest absolute Gasteiger partial charge is 0.493 e. The zero-order chi connectivity index (χ0) is 22.7. The van der Waals surface area contributed by atoms with Crippen molar-refractivity contribution in [1.82, 2.24) is 4.90 Å². The molecule has 0 aromatic heterocycles. The molecule has 2 unspecified atom stereocenters. The molecule has 2 atom stereocenters. The van der Waals surface area contributed by atoms with Gasteiger partial charge in [0.2, 0.25) is 0 Å². The molecular weight excluding hydrogens is 417 g/mol. The first-order valence-electron chi connectivity index (χ1n) is 10.8. The van der Waals surface area contributed by atoms with Gasteiger partial charge >= 0.3 is 7.82 Å². The molecule has 1 aromatic carbocycles. The van der Waals surface area contributed by atoms with Crippen molar-refractivity contribution in [3.8, 4) is 11.5 Å². The zero-order valence-corrected chi connectivity index (χ0v) is 20.5. The van der Waals surface area contributed by atoms with Crippen molar-refractivity contribution in [2.45, 2.75) is 69.6 Å². The lowest BCUT2D eigenvalue weighted by atomic mass is 9.68. The van der Waals surface area contributed by atoms with Crippen LogP contribution in [-0.4, -0.2) is 50.0 Å². The third-order valence-electron chi connectivity index (χ3n) is 7.49. The van der Waals surface area contributed by atoms with Crippen molar-refractivity contribution in [2.24, 2.45) is 0 Å². The van der Waals surface area contributed by atoms with Gasteiger partial charge in [0.25, 0.3) is 0 Å². The second kappa shape index (κ2) is 7.51. The molecule has 0 spiro atoms. The molecular formula is C23H34NO6P. The molecule has 1 aliphatic carbocycles. The SMILES string of the molecule is COc1ccc(C23CC=C(OP4(=O)OC(C)(C)C(C)(C)O4)CC2N(C)CC3)cc1OC. The van der Waals surface area contributed by atoms with Crippen molar-refractivity contribution >= 4 is 7.82 Å². The summed E-state index contributed by atoms with van der Waals surface area (Å²) in [6.45, 7) is 8.47. The number of allylic oxidation sites excluding steroid dienone is 1. The molecule has 0 N–H and O–H groups in total. The number of phosphoric ester groups is 1. The number of hydrogen-bond donors (Lipinski definition) is 0. The first-order chi connectivity index (χ1) is 14.5. The molecule has 31 heavy (non-hydrogen) atoms. The monoisotopic (exact) mass is 451 g/mol. The van der Waals surface area contributed by atoms with Gasteiger partial charge in [-0.2, -0.15) is 0 Å². The molecule has 0 saturated carbocycles. The average Bonchev–Trinajstić information content (AvgIpc) is 3.11. The number of rotatable bonds is 5. The highest BCUT2D eigenvalue weighted by atomic mass is 31.2. The predicted molar refractivity (Wildman–Crippen MR) is 119 cm³/mol. The Morgan fingerprint density at radius 1 is 1.06 bits per heavy atom. The fourth-order valence-corrected chi connectivity index (χ4v) is 7.04. The molecule has 172 valence electrons. The van der Waals surface area contributed by atoms with Gasteiger partial charge in [-0.3, -0.25) is 9.05 Å². The van der Waals surface area contributed by atoms with Gasteiger partial charge in [-0.05, 0) is 77.9 Å². The van der Waals surface area contributed by atoms with Gasteiger partial charge in [-0.15, -0.1) is 0 Å². The highest BCUT2D eigenvalue weighted by Crippen LogP contribution is 2.66. The third kappa shape index (κ3) is 3.70. The van der Waals surface area contributed by atoms with E-state index < -0.39 is 19.0 Å². The molecule has 8 heteroatoms. The number of nitrogens with zero attached hydrogens (tertiary/aromatic N) is 1. The lowest BCUT2D eigenvalue weighted by Crippen LogP contribution is -2.43. The molecule has 2 fully saturated rings. The van der Waals surface area contributed by atoms with Crippen LogP contribution in [0.15, 0.2) is 30.0 Å². The van der Waals surface area contributed by atoms with E-state index in [1.807, 2.05) is 33.8 Å². The minimum absolute atomic E-state index is 0.0639. The maximum absolute atomic E-state index is 13.2. The van der Waals surface area contributed by atoms with E-state index in [1.54, 1.807) is 14.2 Å². The number of fused-ring (bicyclic) bond motifs is 1. The molecule has 2 aliphatic heterocycles. The summed E-state index contributed by atoms with van der Waals surface area (Å²) in [7, 11) is 1.76. The summed E-state index contributed by atoms with van der Waals surface area (Å²) >= 11 is 0. The van der Waals surface area contributed by atoms with E-state index in [9.17, 15) is 4.57 Å². The molecule has 2 saturated heterocycles. The number of likely N-dealkylation sites (N-methyl/N-ethyl adjacent to an activating group) is 1. The van der Waals surface area contributed by atoms with Gasteiger partial charge in [0.15, 0.2) is 11.5 Å². The molecule has 0 radical (unpaired) electrons. The Balaban J connectivity index is 1.62. The minimum atomic E-state index is -3.68. The van der Waals surface area contributed by atoms with E-state index in [2.05, 4.69) is 30.2 Å². The van der Waals surface area contributed by atoms with Crippen molar-refractivity contribution in [1.29, 1.82) is 0 Å². The fourth-order valence-electron chi connectivity index (χ4n) is 4.93. The molecule has 4 rings (SSSR count). The van der Waals surface area contributed by atoms with Crippen LogP contribution in [0.2, 0.25) is 0 Å². The Morgan fingerprint density at radius 3 is 2.32 bits per heavy atom. The maximum Gasteiger partial charge on any atom is 0.530 e. The van der Waals surface area contributed by atoms with E-state index in [4.69, 9.17) is 23.0 Å². The van der Waals surface area contributed by atoms with E-state index in [0.717, 1.165) is 30.9 Å². The van der Waals surface area contributed by atoms with Gasteiger partial charge in [0.05, 0.1) is 14.2 Å². The Hall–Kier alpha value is -1.53. The Bertz CT molecular complexity index is 922. The quantitative estimate of drug-likeness (QED) is 0.580. The van der Waals surface area contributed by atoms with Crippen molar-refractivity contribution in [3.63, 3.8) is 0 Å². The van der Waals surface area contributed by atoms with E-state index in [-0.39, 0.29) is 11.5 Å². The third-order valence-corrected chi connectivity index (χ3v) is 9.30. The van der Waals surface area contributed by atoms with Crippen molar-refractivity contribution in [2.75, 3.05) is 27.8 Å². The second-order valence-corrected chi connectivity index (χ2v) is 11.2. The van der Waals surface area contributed by atoms with Crippen LogP contribution < -0.4 is 9.47 Å². The summed E-state index contributed by atoms with van der Waals surface area (Å²) in [5.41, 5.74) is -0.251. The lowest BCUT2D eigenvalue weighted by molar-refractivity contribution is 0.00578. The van der Waals surface area contributed by atoms with Crippen LogP contribution in [0.4, 0.5) is 0 Å². The average molecular weight is 452 g/mol. The topological polar surface area (TPSA) is 66.5 Å². The molecule has 2 heterocycles. The van der Waals surface area contributed by atoms with Gasteiger partial charge in [0.1, 0.15) is 17.0 Å². The standard InChI is InChI=1S/C23H34NO6P/c1-21(2)22(3,4)30-31(25,29-21)28-17-10-11-23(12-13-24(5)20(23)15-17)16-8-9-18(26-6)19(14-16)27-7/h8-10,14,20H,11-13,15H2,1-7H3. The highest BCUT2D eigenvalue weighted by Gasteiger charge is 2.58. The van der Waals surface area contributed by atoms with Gasteiger partial charge in [-0.25, -0.2) is 4.57 Å². The zero-order valence-electron chi connectivity index (χ0n) is 19.6. The van der Waals surface area contributed by atoms with Crippen molar-refractivity contribution < 1.29 is 27.6 Å². The number of methoxy groups -OCH3 is 2. The van der Waals surface area contributed by atoms with Crippen molar-refractivity contribution in [3.05, 3.63) is 35.6 Å². The van der Waals surface area contributed by atoms with Crippen LogP contribution in [0.5, 0.6) is 11.5 Å². The fraction of sp³-hybridized carbons (Fsp3) is 0.652. The maximum atomic E-state index is 13.2. The van der Waals surface area contributed by atoms with Crippen LogP contribution in [0.1, 0.15) is 52.5 Å². The van der Waals surface area contributed by atoms with Gasteiger partial charge in [0, 0.05) is 17.9 Å². The van der Waals surface area contributed by atoms with E-state index in [0.29, 0.717) is 12.2 Å². The Labute approximate surface area is 185 Å². The lowest BCUT2D eigenvalue weighted by Gasteiger charge is -2.41. The van der Waals surface area contributed by atoms with Crippen LogP contribution in [0.25, 0.3) is 0 Å².